The fourth-order valence-corrected chi connectivity index (χ4v) is 6.34. The molecule has 4 aromatic rings. The second kappa shape index (κ2) is 10.4. The van der Waals surface area contributed by atoms with Gasteiger partial charge in [0, 0.05) is 42.9 Å². The van der Waals surface area contributed by atoms with Crippen molar-refractivity contribution in [2.45, 2.75) is 30.8 Å². The van der Waals surface area contributed by atoms with Crippen molar-refractivity contribution in [3.63, 3.8) is 0 Å². The van der Waals surface area contributed by atoms with E-state index in [-0.39, 0.29) is 40.5 Å². The minimum absolute atomic E-state index is 0.0102. The van der Waals surface area contributed by atoms with Gasteiger partial charge < -0.3 is 14.4 Å². The summed E-state index contributed by atoms with van der Waals surface area (Å²) in [5.74, 6) is -0.454. The predicted octanol–water partition coefficient (Wildman–Crippen LogP) is 4.23. The smallest absolute Gasteiger partial charge is 0.410 e. The first kappa shape index (κ1) is 26.6. The molecule has 3 aromatic heterocycles. The summed E-state index contributed by atoms with van der Waals surface area (Å²) in [5.41, 5.74) is 1.59. The van der Waals surface area contributed by atoms with Crippen molar-refractivity contribution in [2.24, 2.45) is 5.92 Å². The van der Waals surface area contributed by atoms with Crippen LogP contribution in [0.1, 0.15) is 17.7 Å². The molecule has 0 radical (unpaired) electrons. The number of ether oxygens (including phenoxy) is 2. The molecule has 2 fully saturated rings. The van der Waals surface area contributed by atoms with Gasteiger partial charge in [-0.3, -0.25) is 0 Å². The lowest BCUT2D eigenvalue weighted by Crippen LogP contribution is -2.51. The van der Waals surface area contributed by atoms with Crippen LogP contribution in [0.4, 0.5) is 9.18 Å². The minimum Gasteiger partial charge on any atom is -0.444 e. The maximum atomic E-state index is 14.8. The van der Waals surface area contributed by atoms with E-state index in [2.05, 4.69) is 15.0 Å². The van der Waals surface area contributed by atoms with E-state index in [1.807, 2.05) is 6.92 Å². The summed E-state index contributed by atoms with van der Waals surface area (Å²) in [6, 6.07) is 8.06. The molecule has 5 heterocycles. The van der Waals surface area contributed by atoms with Gasteiger partial charge in [0.1, 0.15) is 6.10 Å². The van der Waals surface area contributed by atoms with Crippen molar-refractivity contribution < 1.29 is 27.1 Å². The minimum atomic E-state index is -4.01. The Morgan fingerprint density at radius 1 is 1.20 bits per heavy atom. The molecule has 208 valence electrons. The maximum absolute atomic E-state index is 14.8. The number of hydrogen-bond donors (Lipinski definition) is 0. The number of fused-ring (bicyclic) bond motifs is 1. The zero-order valence-electron chi connectivity index (χ0n) is 21.5. The predicted molar refractivity (Wildman–Crippen MR) is 144 cm³/mol. The molecule has 10 nitrogen and oxygen atoms in total. The number of amides is 1. The van der Waals surface area contributed by atoms with Crippen LogP contribution in [0.3, 0.4) is 0 Å². The molecule has 2 saturated heterocycles. The number of aromatic nitrogens is 4. The number of carbonyl (C=O) groups excluding carboxylic acids is 1. The third-order valence-corrected chi connectivity index (χ3v) is 8.94. The molecular weight excluding hydrogens is 561 g/mol. The Morgan fingerprint density at radius 2 is 1.98 bits per heavy atom. The largest absolute Gasteiger partial charge is 0.444 e. The van der Waals surface area contributed by atoms with Crippen molar-refractivity contribution in [3.05, 3.63) is 71.0 Å². The summed E-state index contributed by atoms with van der Waals surface area (Å²) in [4.78, 5) is 26.9. The molecule has 1 aromatic carbocycles. The van der Waals surface area contributed by atoms with Crippen molar-refractivity contribution in [1.29, 1.82) is 0 Å². The zero-order chi connectivity index (χ0) is 28.0. The normalized spacial score (nSPS) is 17.8. The first-order valence-electron chi connectivity index (χ1n) is 12.7. The Bertz CT molecular complexity index is 1700. The Labute approximate surface area is 234 Å². The fourth-order valence-electron chi connectivity index (χ4n) is 4.86. The maximum Gasteiger partial charge on any atom is 0.410 e. The molecule has 0 saturated carbocycles. The van der Waals surface area contributed by atoms with Gasteiger partial charge in [-0.2, -0.15) is 0 Å². The first-order chi connectivity index (χ1) is 19.2. The Morgan fingerprint density at radius 3 is 2.70 bits per heavy atom. The number of likely N-dealkylation sites (tertiary alicyclic amines) is 1. The van der Waals surface area contributed by atoms with Crippen LogP contribution in [0.15, 0.2) is 53.8 Å². The highest BCUT2D eigenvalue weighted by Gasteiger charge is 2.34. The lowest BCUT2D eigenvalue weighted by Gasteiger charge is -2.38. The summed E-state index contributed by atoms with van der Waals surface area (Å²) in [6.07, 6.45) is 4.14. The number of halogens is 2. The molecule has 2 aliphatic rings. The van der Waals surface area contributed by atoms with Gasteiger partial charge in [-0.1, -0.05) is 29.3 Å². The molecular formula is C27H25ClFN5O5S. The van der Waals surface area contributed by atoms with Crippen LogP contribution in [0.2, 0.25) is 5.02 Å². The Kier molecular flexibility index (Phi) is 6.93. The second-order valence-electron chi connectivity index (χ2n) is 10.0. The number of benzene rings is 1. The van der Waals surface area contributed by atoms with Gasteiger partial charge in [-0.15, -0.1) is 0 Å². The van der Waals surface area contributed by atoms with Crippen LogP contribution in [0.25, 0.3) is 22.4 Å². The van der Waals surface area contributed by atoms with E-state index in [0.29, 0.717) is 48.7 Å². The molecule has 6 rings (SSSR count). The molecule has 0 aliphatic carbocycles. The SMILES string of the molecule is Cc1ccc(S(=O)(=O)n2cc(-c3ncc(F)c(CC4CN(C(=O)OC5CCOC5)C4)n3)c3cc(Cl)cnc32)cc1. The van der Waals surface area contributed by atoms with Crippen LogP contribution in [0, 0.1) is 18.7 Å². The van der Waals surface area contributed by atoms with E-state index in [1.165, 1.54) is 24.5 Å². The zero-order valence-corrected chi connectivity index (χ0v) is 23.0. The number of carbonyl (C=O) groups is 1. The summed E-state index contributed by atoms with van der Waals surface area (Å²) < 4.78 is 53.6. The standard InChI is InChI=1S/C27H25ClFN5O5S/c1-16-2-4-20(5-3-16)40(36,37)34-14-22(21-9-18(28)10-31-26(21)34)25-30-11-23(29)24(32-25)8-17-12-33(13-17)27(35)39-19-6-7-38-15-19/h2-5,9-11,14,17,19H,6-8,12-13,15H2,1H3. The van der Waals surface area contributed by atoms with Gasteiger partial charge in [0.25, 0.3) is 10.0 Å². The molecule has 13 heteroatoms. The highest BCUT2D eigenvalue weighted by Crippen LogP contribution is 2.33. The quantitative estimate of drug-likeness (QED) is 0.330. The average molecular weight is 586 g/mol. The van der Waals surface area contributed by atoms with Gasteiger partial charge in [0.15, 0.2) is 17.3 Å². The van der Waals surface area contributed by atoms with E-state index >= 15 is 0 Å². The molecule has 0 bridgehead atoms. The van der Waals surface area contributed by atoms with E-state index in [9.17, 15) is 17.6 Å². The van der Waals surface area contributed by atoms with Crippen molar-refractivity contribution in [3.8, 4) is 11.4 Å². The summed E-state index contributed by atoms with van der Waals surface area (Å²) >= 11 is 6.21. The van der Waals surface area contributed by atoms with E-state index < -0.39 is 21.9 Å². The highest BCUT2D eigenvalue weighted by molar-refractivity contribution is 7.90. The second-order valence-corrected chi connectivity index (χ2v) is 12.3. The number of pyridine rings is 1. The van der Waals surface area contributed by atoms with Crippen molar-refractivity contribution in [2.75, 3.05) is 26.3 Å². The molecule has 1 atom stereocenters. The molecule has 0 spiro atoms. The third kappa shape index (κ3) is 5.02. The topological polar surface area (TPSA) is 117 Å². The van der Waals surface area contributed by atoms with Gasteiger partial charge >= 0.3 is 6.09 Å². The lowest BCUT2D eigenvalue weighted by atomic mass is 9.95. The molecule has 1 unspecified atom stereocenters. The van der Waals surface area contributed by atoms with Crippen LogP contribution in [-0.4, -0.2) is 70.7 Å². The van der Waals surface area contributed by atoms with Gasteiger partial charge in [0.05, 0.1) is 35.0 Å². The first-order valence-corrected chi connectivity index (χ1v) is 14.5. The van der Waals surface area contributed by atoms with Crippen LogP contribution < -0.4 is 0 Å². The van der Waals surface area contributed by atoms with E-state index in [0.717, 1.165) is 15.7 Å². The van der Waals surface area contributed by atoms with Gasteiger partial charge in [0.2, 0.25) is 0 Å². The summed E-state index contributed by atoms with van der Waals surface area (Å²) in [5, 5.41) is 0.710. The number of nitrogens with zero attached hydrogens (tertiary/aromatic N) is 5. The average Bonchev–Trinajstić information content (AvgIpc) is 3.55. The lowest BCUT2D eigenvalue weighted by molar-refractivity contribution is 0.0231. The molecule has 0 N–H and O–H groups in total. The van der Waals surface area contributed by atoms with Crippen LogP contribution in [-0.2, 0) is 25.9 Å². The molecule has 40 heavy (non-hydrogen) atoms. The fraction of sp³-hybridized carbons (Fsp3) is 0.333. The number of rotatable bonds is 6. The number of hydrogen-bond acceptors (Lipinski definition) is 8. The number of aryl methyl sites for hydroxylation is 1. The summed E-state index contributed by atoms with van der Waals surface area (Å²) in [7, 11) is -4.01. The van der Waals surface area contributed by atoms with Crippen LogP contribution in [0.5, 0.6) is 0 Å². The Balaban J connectivity index is 1.27. The molecule has 1 amide bonds. The van der Waals surface area contributed by atoms with Crippen molar-refractivity contribution >= 4 is 38.8 Å². The Hall–Kier alpha value is -3.61. The van der Waals surface area contributed by atoms with Crippen LogP contribution >= 0.6 is 11.6 Å². The van der Waals surface area contributed by atoms with E-state index in [1.54, 1.807) is 23.1 Å². The molecule has 2 aliphatic heterocycles. The highest BCUT2D eigenvalue weighted by atomic mass is 35.5. The van der Waals surface area contributed by atoms with E-state index in [4.69, 9.17) is 21.1 Å². The monoisotopic (exact) mass is 585 g/mol. The van der Waals surface area contributed by atoms with Gasteiger partial charge in [-0.05, 0) is 37.5 Å². The third-order valence-electron chi connectivity index (χ3n) is 7.07. The van der Waals surface area contributed by atoms with Gasteiger partial charge in [-0.25, -0.2) is 36.5 Å². The summed E-state index contributed by atoms with van der Waals surface area (Å²) in [6.45, 7) is 3.68. The van der Waals surface area contributed by atoms with Crippen molar-refractivity contribution in [1.82, 2.24) is 23.8 Å².